The number of carbonyl (C=O) groups excluding carboxylic acids is 2. The molecule has 0 unspecified atom stereocenters. The maximum absolute atomic E-state index is 13.1. The van der Waals surface area contributed by atoms with Crippen molar-refractivity contribution in [2.45, 2.75) is 6.42 Å². The van der Waals surface area contributed by atoms with E-state index in [1.165, 1.54) is 0 Å². The van der Waals surface area contributed by atoms with Gasteiger partial charge in [-0.25, -0.2) is 0 Å². The number of halogens is 1. The maximum atomic E-state index is 13.1. The van der Waals surface area contributed by atoms with Crippen LogP contribution in [0.15, 0.2) is 115 Å². The molecule has 2 amide bonds. The predicted octanol–water partition coefficient (Wildman–Crippen LogP) is 6.26. The molecular formula is C30H25ClN2O3. The molecule has 5 nitrogen and oxygen atoms in total. The summed E-state index contributed by atoms with van der Waals surface area (Å²) in [5.74, 6) is 0.520. The van der Waals surface area contributed by atoms with Gasteiger partial charge in [0.2, 0.25) is 0 Å². The van der Waals surface area contributed by atoms with Gasteiger partial charge in [0, 0.05) is 17.1 Å². The Morgan fingerprint density at radius 1 is 0.778 bits per heavy atom. The fraction of sp³-hybridized carbons (Fsp3) is 0.0667. The van der Waals surface area contributed by atoms with Crippen LogP contribution in [0.2, 0.25) is 5.02 Å². The molecule has 0 aliphatic carbocycles. The smallest absolute Gasteiger partial charge is 0.267 e. The first-order chi connectivity index (χ1) is 17.6. The molecule has 0 aromatic heterocycles. The van der Waals surface area contributed by atoms with E-state index in [4.69, 9.17) is 16.3 Å². The summed E-state index contributed by atoms with van der Waals surface area (Å²) in [6.07, 6.45) is 2.30. The van der Waals surface area contributed by atoms with E-state index in [1.54, 1.807) is 36.4 Å². The second kappa shape index (κ2) is 12.4. The Morgan fingerprint density at radius 3 is 2.17 bits per heavy atom. The SMILES string of the molecule is O=C(NCCc1ccccc1)/C(=C\c1cccc(Oc2ccccc2)c1)NC(=O)c1ccc(Cl)cc1. The predicted molar refractivity (Wildman–Crippen MR) is 143 cm³/mol. The van der Waals surface area contributed by atoms with Gasteiger partial charge in [-0.3, -0.25) is 9.59 Å². The molecule has 0 saturated heterocycles. The van der Waals surface area contributed by atoms with Crippen LogP contribution in [0.4, 0.5) is 0 Å². The molecule has 2 N–H and O–H groups in total. The van der Waals surface area contributed by atoms with Crippen LogP contribution < -0.4 is 15.4 Å². The molecule has 180 valence electrons. The second-order valence-corrected chi connectivity index (χ2v) is 8.43. The summed E-state index contributed by atoms with van der Waals surface area (Å²) in [5.41, 5.74) is 2.33. The molecule has 6 heteroatoms. The van der Waals surface area contributed by atoms with Crippen LogP contribution in [-0.4, -0.2) is 18.4 Å². The molecule has 36 heavy (non-hydrogen) atoms. The highest BCUT2D eigenvalue weighted by atomic mass is 35.5. The number of carbonyl (C=O) groups is 2. The summed E-state index contributed by atoms with van der Waals surface area (Å²) in [6.45, 7) is 0.425. The third-order valence-electron chi connectivity index (χ3n) is 5.29. The maximum Gasteiger partial charge on any atom is 0.267 e. The number of para-hydroxylation sites is 1. The molecule has 0 radical (unpaired) electrons. The minimum Gasteiger partial charge on any atom is -0.457 e. The standard InChI is InChI=1S/C30H25ClN2O3/c31-25-16-14-24(15-17-25)29(34)33-28(30(35)32-19-18-22-8-3-1-4-9-22)21-23-10-7-13-27(20-23)36-26-11-5-2-6-12-26/h1-17,20-21H,18-19H2,(H,32,35)(H,33,34)/b28-21+. The van der Waals surface area contributed by atoms with Gasteiger partial charge in [-0.1, -0.05) is 72.3 Å². The Balaban J connectivity index is 1.53. The van der Waals surface area contributed by atoms with Crippen molar-refractivity contribution < 1.29 is 14.3 Å². The molecule has 0 heterocycles. The Kier molecular flexibility index (Phi) is 8.52. The van der Waals surface area contributed by atoms with Crippen molar-refractivity contribution >= 4 is 29.5 Å². The van der Waals surface area contributed by atoms with Gasteiger partial charge in [0.05, 0.1) is 0 Å². The zero-order chi connectivity index (χ0) is 25.2. The van der Waals surface area contributed by atoms with Crippen molar-refractivity contribution in [3.63, 3.8) is 0 Å². The van der Waals surface area contributed by atoms with Gasteiger partial charge in [0.25, 0.3) is 11.8 Å². The van der Waals surface area contributed by atoms with Crippen LogP contribution in [0, 0.1) is 0 Å². The summed E-state index contributed by atoms with van der Waals surface area (Å²) in [7, 11) is 0. The fourth-order valence-corrected chi connectivity index (χ4v) is 3.60. The highest BCUT2D eigenvalue weighted by Gasteiger charge is 2.15. The van der Waals surface area contributed by atoms with Crippen LogP contribution in [0.5, 0.6) is 11.5 Å². The minimum absolute atomic E-state index is 0.125. The van der Waals surface area contributed by atoms with Crippen molar-refractivity contribution in [1.82, 2.24) is 10.6 Å². The van der Waals surface area contributed by atoms with E-state index in [-0.39, 0.29) is 11.6 Å². The number of rotatable bonds is 9. The summed E-state index contributed by atoms with van der Waals surface area (Å²) < 4.78 is 5.91. The van der Waals surface area contributed by atoms with Gasteiger partial charge < -0.3 is 15.4 Å². The molecule has 0 saturated carbocycles. The molecule has 4 rings (SSSR count). The summed E-state index contributed by atoms with van der Waals surface area (Å²) in [5, 5.41) is 6.17. The van der Waals surface area contributed by atoms with Crippen LogP contribution in [-0.2, 0) is 11.2 Å². The van der Waals surface area contributed by atoms with Gasteiger partial charge in [0.1, 0.15) is 17.2 Å². The monoisotopic (exact) mass is 496 g/mol. The number of nitrogens with one attached hydrogen (secondary N) is 2. The van der Waals surface area contributed by atoms with Gasteiger partial charge in [-0.05, 0) is 72.2 Å². The third-order valence-corrected chi connectivity index (χ3v) is 5.54. The van der Waals surface area contributed by atoms with E-state index in [0.29, 0.717) is 40.6 Å². The average Bonchev–Trinajstić information content (AvgIpc) is 2.90. The zero-order valence-electron chi connectivity index (χ0n) is 19.5. The number of amides is 2. The molecule has 0 atom stereocenters. The topological polar surface area (TPSA) is 67.4 Å². The van der Waals surface area contributed by atoms with E-state index < -0.39 is 5.91 Å². The Labute approximate surface area is 215 Å². The van der Waals surface area contributed by atoms with Crippen molar-refractivity contribution in [2.24, 2.45) is 0 Å². The number of hydrogen-bond acceptors (Lipinski definition) is 3. The fourth-order valence-electron chi connectivity index (χ4n) is 3.47. The largest absolute Gasteiger partial charge is 0.457 e. The van der Waals surface area contributed by atoms with Crippen LogP contribution >= 0.6 is 11.6 Å². The number of hydrogen-bond donors (Lipinski definition) is 2. The highest BCUT2D eigenvalue weighted by molar-refractivity contribution is 6.30. The van der Waals surface area contributed by atoms with Crippen LogP contribution in [0.25, 0.3) is 6.08 Å². The third kappa shape index (κ3) is 7.32. The zero-order valence-corrected chi connectivity index (χ0v) is 20.2. The molecule has 0 fully saturated rings. The first-order valence-electron chi connectivity index (χ1n) is 11.5. The Hall–Kier alpha value is -4.35. The van der Waals surface area contributed by atoms with E-state index in [2.05, 4.69) is 10.6 Å². The lowest BCUT2D eigenvalue weighted by atomic mass is 10.1. The lowest BCUT2D eigenvalue weighted by Crippen LogP contribution is -2.35. The Morgan fingerprint density at radius 2 is 1.44 bits per heavy atom. The van der Waals surface area contributed by atoms with E-state index >= 15 is 0 Å². The molecular weight excluding hydrogens is 472 g/mol. The number of ether oxygens (including phenoxy) is 1. The van der Waals surface area contributed by atoms with Gasteiger partial charge >= 0.3 is 0 Å². The summed E-state index contributed by atoms with van der Waals surface area (Å²) >= 11 is 5.94. The van der Waals surface area contributed by atoms with Crippen LogP contribution in [0.1, 0.15) is 21.5 Å². The van der Waals surface area contributed by atoms with Gasteiger partial charge in [-0.2, -0.15) is 0 Å². The second-order valence-electron chi connectivity index (χ2n) is 8.00. The lowest BCUT2D eigenvalue weighted by molar-refractivity contribution is -0.117. The lowest BCUT2D eigenvalue weighted by Gasteiger charge is -2.12. The Bertz CT molecular complexity index is 1340. The van der Waals surface area contributed by atoms with E-state index in [0.717, 1.165) is 5.56 Å². The van der Waals surface area contributed by atoms with Crippen molar-refractivity contribution in [3.8, 4) is 11.5 Å². The molecule has 0 bridgehead atoms. The summed E-state index contributed by atoms with van der Waals surface area (Å²) in [6, 6.07) is 33.1. The molecule has 4 aromatic rings. The molecule has 4 aromatic carbocycles. The van der Waals surface area contributed by atoms with Gasteiger partial charge in [-0.15, -0.1) is 0 Å². The van der Waals surface area contributed by atoms with Crippen LogP contribution in [0.3, 0.4) is 0 Å². The van der Waals surface area contributed by atoms with Crippen molar-refractivity contribution in [2.75, 3.05) is 6.54 Å². The molecule has 0 aliphatic heterocycles. The quantitative estimate of drug-likeness (QED) is 0.269. The summed E-state index contributed by atoms with van der Waals surface area (Å²) in [4.78, 5) is 26.0. The van der Waals surface area contributed by atoms with Crippen molar-refractivity contribution in [1.29, 1.82) is 0 Å². The normalized spacial score (nSPS) is 11.0. The minimum atomic E-state index is -0.409. The van der Waals surface area contributed by atoms with E-state index in [9.17, 15) is 9.59 Å². The van der Waals surface area contributed by atoms with E-state index in [1.807, 2.05) is 78.9 Å². The number of benzene rings is 4. The van der Waals surface area contributed by atoms with Gasteiger partial charge in [0.15, 0.2) is 0 Å². The first kappa shape index (κ1) is 24.8. The molecule has 0 aliphatic rings. The van der Waals surface area contributed by atoms with Crippen molar-refractivity contribution in [3.05, 3.63) is 137 Å². The average molecular weight is 497 g/mol. The first-order valence-corrected chi connectivity index (χ1v) is 11.9. The highest BCUT2D eigenvalue weighted by Crippen LogP contribution is 2.23. The molecule has 0 spiro atoms.